The Morgan fingerprint density at radius 1 is 1.09 bits per heavy atom. The molecule has 2 amide bonds. The molecule has 0 radical (unpaired) electrons. The molecular weight excluding hydrogens is 478 g/mol. The number of aryl methyl sites for hydroxylation is 1. The second-order valence-corrected chi connectivity index (χ2v) is 10.7. The highest BCUT2D eigenvalue weighted by molar-refractivity contribution is 7.17. The van der Waals surface area contributed by atoms with Gasteiger partial charge in [0.05, 0.1) is 10.6 Å². The van der Waals surface area contributed by atoms with Crippen LogP contribution in [0.4, 0.5) is 5.13 Å². The molecule has 0 saturated heterocycles. The average Bonchev–Trinajstić information content (AvgIpc) is 3.50. The predicted molar refractivity (Wildman–Crippen MR) is 140 cm³/mol. The van der Waals surface area contributed by atoms with E-state index in [1.54, 1.807) is 18.3 Å². The maximum atomic E-state index is 12.8. The van der Waals surface area contributed by atoms with E-state index in [1.807, 2.05) is 43.3 Å². The minimum absolute atomic E-state index is 0.139. The van der Waals surface area contributed by atoms with Crippen molar-refractivity contribution >= 4 is 39.6 Å². The van der Waals surface area contributed by atoms with Gasteiger partial charge in [0.15, 0.2) is 5.13 Å². The fourth-order valence-electron chi connectivity index (χ4n) is 3.95. The number of nitrogens with one attached hydrogen (secondary N) is 2. The highest BCUT2D eigenvalue weighted by atomic mass is 32.1. The number of benzene rings is 1. The minimum Gasteiger partial charge on any atom is -0.347 e. The van der Waals surface area contributed by atoms with E-state index in [0.717, 1.165) is 46.9 Å². The highest BCUT2D eigenvalue weighted by Crippen LogP contribution is 2.29. The van der Waals surface area contributed by atoms with Crippen molar-refractivity contribution in [1.82, 2.24) is 20.2 Å². The van der Waals surface area contributed by atoms with Crippen molar-refractivity contribution in [2.24, 2.45) is 0 Å². The summed E-state index contributed by atoms with van der Waals surface area (Å²) in [6, 6.07) is 15.0. The molecule has 0 fully saturated rings. The zero-order chi connectivity index (χ0) is 24.4. The Balaban J connectivity index is 1.20. The monoisotopic (exact) mass is 503 g/mol. The first-order valence-electron chi connectivity index (χ1n) is 11.3. The molecular formula is C26H25N5O2S2. The molecule has 5 rings (SSSR count). The zero-order valence-corrected chi connectivity index (χ0v) is 21.1. The molecule has 4 aromatic rings. The molecule has 9 heteroatoms. The number of pyridine rings is 1. The second kappa shape index (κ2) is 10.1. The lowest BCUT2D eigenvalue weighted by atomic mass is 10.1. The van der Waals surface area contributed by atoms with Gasteiger partial charge in [-0.1, -0.05) is 12.1 Å². The molecule has 0 saturated carbocycles. The summed E-state index contributed by atoms with van der Waals surface area (Å²) in [7, 11) is 2.09. The summed E-state index contributed by atoms with van der Waals surface area (Å²) in [5.41, 5.74) is 4.46. The summed E-state index contributed by atoms with van der Waals surface area (Å²) in [5.74, 6) is -0.339. The van der Waals surface area contributed by atoms with E-state index in [2.05, 4.69) is 32.5 Å². The van der Waals surface area contributed by atoms with Crippen molar-refractivity contribution in [1.29, 1.82) is 0 Å². The molecule has 0 spiro atoms. The fraction of sp³-hybridized carbons (Fsp3) is 0.231. The van der Waals surface area contributed by atoms with Gasteiger partial charge in [-0.3, -0.25) is 19.9 Å². The van der Waals surface area contributed by atoms with Gasteiger partial charge in [-0.2, -0.15) is 0 Å². The topological polar surface area (TPSA) is 87.2 Å². The number of anilines is 1. The molecule has 3 aromatic heterocycles. The number of nitrogens with zero attached hydrogens (tertiary/aromatic N) is 3. The maximum absolute atomic E-state index is 12.8. The first-order chi connectivity index (χ1) is 16.9. The molecule has 0 unspecified atom stereocenters. The summed E-state index contributed by atoms with van der Waals surface area (Å²) in [6.45, 7) is 4.13. The van der Waals surface area contributed by atoms with Gasteiger partial charge >= 0.3 is 0 Å². The van der Waals surface area contributed by atoms with Crippen LogP contribution in [0.5, 0.6) is 0 Å². The molecule has 4 heterocycles. The van der Waals surface area contributed by atoms with Crippen LogP contribution in [0.3, 0.4) is 0 Å². The molecule has 0 atom stereocenters. The molecule has 178 valence electrons. The summed E-state index contributed by atoms with van der Waals surface area (Å²) < 4.78 is 0. The number of aromatic nitrogens is 2. The van der Waals surface area contributed by atoms with Crippen LogP contribution < -0.4 is 10.6 Å². The van der Waals surface area contributed by atoms with Crippen molar-refractivity contribution in [3.63, 3.8) is 0 Å². The average molecular weight is 504 g/mol. The lowest BCUT2D eigenvalue weighted by Crippen LogP contribution is -2.25. The Kier molecular flexibility index (Phi) is 6.72. The Hall–Kier alpha value is -3.40. The molecule has 0 aliphatic carbocycles. The SMILES string of the molecule is Cc1cc(-c2ccc(C(=O)NCc3cccc(C(=O)Nc4nc5c(s4)CN(C)CC5)c3)s2)ccn1. The summed E-state index contributed by atoms with van der Waals surface area (Å²) in [4.78, 5) is 39.5. The lowest BCUT2D eigenvalue weighted by molar-refractivity contribution is 0.0954. The number of likely N-dealkylation sites (N-methyl/N-ethyl adjacent to an activating group) is 1. The van der Waals surface area contributed by atoms with Crippen LogP contribution in [0.1, 0.15) is 41.9 Å². The van der Waals surface area contributed by atoms with E-state index < -0.39 is 0 Å². The summed E-state index contributed by atoms with van der Waals surface area (Å²) >= 11 is 2.98. The summed E-state index contributed by atoms with van der Waals surface area (Å²) in [6.07, 6.45) is 2.68. The van der Waals surface area contributed by atoms with Crippen molar-refractivity contribution in [2.45, 2.75) is 26.4 Å². The van der Waals surface area contributed by atoms with Crippen LogP contribution in [0.25, 0.3) is 10.4 Å². The van der Waals surface area contributed by atoms with E-state index >= 15 is 0 Å². The molecule has 35 heavy (non-hydrogen) atoms. The Morgan fingerprint density at radius 3 is 2.83 bits per heavy atom. The number of fused-ring (bicyclic) bond motifs is 1. The number of carbonyl (C=O) groups is 2. The fourth-order valence-corrected chi connectivity index (χ4v) is 5.95. The van der Waals surface area contributed by atoms with Crippen molar-refractivity contribution < 1.29 is 9.59 Å². The van der Waals surface area contributed by atoms with Gasteiger partial charge in [0, 0.05) is 53.3 Å². The maximum Gasteiger partial charge on any atom is 0.261 e. The third-order valence-electron chi connectivity index (χ3n) is 5.80. The van der Waals surface area contributed by atoms with Crippen molar-refractivity contribution in [3.05, 3.63) is 87.0 Å². The summed E-state index contributed by atoms with van der Waals surface area (Å²) in [5, 5.41) is 6.52. The third-order valence-corrected chi connectivity index (χ3v) is 7.93. The van der Waals surface area contributed by atoms with Gasteiger partial charge in [0.1, 0.15) is 0 Å². The predicted octanol–water partition coefficient (Wildman–Crippen LogP) is 4.75. The van der Waals surface area contributed by atoms with E-state index in [9.17, 15) is 9.59 Å². The molecule has 1 aliphatic rings. The number of thiazole rings is 1. The van der Waals surface area contributed by atoms with Crippen LogP contribution in [-0.4, -0.2) is 40.3 Å². The standard InChI is InChI=1S/C26H25N5O2S2/c1-16-12-18(8-10-27-16)21-6-7-22(34-21)25(33)28-14-17-4-3-5-19(13-17)24(32)30-26-29-20-9-11-31(2)15-23(20)35-26/h3-8,10,12-13H,9,11,14-15H2,1-2H3,(H,28,33)(H,29,30,32). The van der Waals surface area contributed by atoms with Gasteiger partial charge in [-0.25, -0.2) is 4.98 Å². The second-order valence-electron chi connectivity index (χ2n) is 8.56. The van der Waals surface area contributed by atoms with Gasteiger partial charge in [0.25, 0.3) is 11.8 Å². The number of rotatable bonds is 6. The van der Waals surface area contributed by atoms with Crippen LogP contribution >= 0.6 is 22.7 Å². The third kappa shape index (κ3) is 5.48. The van der Waals surface area contributed by atoms with E-state index in [0.29, 0.717) is 22.1 Å². The van der Waals surface area contributed by atoms with E-state index in [4.69, 9.17) is 0 Å². The van der Waals surface area contributed by atoms with Crippen molar-refractivity contribution in [3.8, 4) is 10.4 Å². The molecule has 0 bridgehead atoms. The Morgan fingerprint density at radius 2 is 1.97 bits per heavy atom. The van der Waals surface area contributed by atoms with E-state index in [-0.39, 0.29) is 11.8 Å². The molecule has 1 aromatic carbocycles. The smallest absolute Gasteiger partial charge is 0.261 e. The molecule has 2 N–H and O–H groups in total. The van der Waals surface area contributed by atoms with Gasteiger partial charge in [-0.05, 0) is 61.5 Å². The molecule has 7 nitrogen and oxygen atoms in total. The van der Waals surface area contributed by atoms with Crippen molar-refractivity contribution in [2.75, 3.05) is 18.9 Å². The van der Waals surface area contributed by atoms with Crippen LogP contribution in [0.15, 0.2) is 54.7 Å². The normalized spacial score (nSPS) is 13.3. The van der Waals surface area contributed by atoms with Gasteiger partial charge in [0.2, 0.25) is 0 Å². The largest absolute Gasteiger partial charge is 0.347 e. The first-order valence-corrected chi connectivity index (χ1v) is 13.0. The Bertz CT molecular complexity index is 1390. The van der Waals surface area contributed by atoms with E-state index in [1.165, 1.54) is 27.6 Å². The zero-order valence-electron chi connectivity index (χ0n) is 19.5. The van der Waals surface area contributed by atoms with Gasteiger partial charge < -0.3 is 10.2 Å². The van der Waals surface area contributed by atoms with Crippen LogP contribution in [0, 0.1) is 6.92 Å². The van der Waals surface area contributed by atoms with Crippen LogP contribution in [0.2, 0.25) is 0 Å². The minimum atomic E-state index is -0.201. The quantitative estimate of drug-likeness (QED) is 0.397. The van der Waals surface area contributed by atoms with Crippen LogP contribution in [-0.2, 0) is 19.5 Å². The number of thiophene rings is 1. The number of hydrogen-bond acceptors (Lipinski definition) is 7. The number of amides is 2. The number of carbonyl (C=O) groups excluding carboxylic acids is 2. The van der Waals surface area contributed by atoms with Gasteiger partial charge in [-0.15, -0.1) is 22.7 Å². The lowest BCUT2D eigenvalue weighted by Gasteiger charge is -2.20. The first kappa shape index (κ1) is 23.3. The highest BCUT2D eigenvalue weighted by Gasteiger charge is 2.19. The Labute approximate surface area is 211 Å². The number of hydrogen-bond donors (Lipinski definition) is 2. The molecule has 1 aliphatic heterocycles.